The molecule has 1 heterocycles. The lowest BCUT2D eigenvalue weighted by Crippen LogP contribution is -2.60. The van der Waals surface area contributed by atoms with Crippen molar-refractivity contribution < 1.29 is 0 Å². The second-order valence-electron chi connectivity index (χ2n) is 5.79. The van der Waals surface area contributed by atoms with E-state index in [0.717, 1.165) is 18.5 Å². The predicted molar refractivity (Wildman–Crippen MR) is 63.8 cm³/mol. The van der Waals surface area contributed by atoms with Crippen molar-refractivity contribution in [3.8, 4) is 0 Å². The number of likely N-dealkylation sites (tertiary alicyclic amines) is 1. The number of rotatable bonds is 3. The van der Waals surface area contributed by atoms with E-state index in [1.54, 1.807) is 0 Å². The molecular weight excluding hydrogens is 186 g/mol. The van der Waals surface area contributed by atoms with Crippen LogP contribution >= 0.6 is 0 Å². The summed E-state index contributed by atoms with van der Waals surface area (Å²) in [5.74, 6) is 0.881. The Morgan fingerprint density at radius 2 is 2.07 bits per heavy atom. The van der Waals surface area contributed by atoms with Gasteiger partial charge in [-0.25, -0.2) is 0 Å². The van der Waals surface area contributed by atoms with Gasteiger partial charge < -0.3 is 10.6 Å². The van der Waals surface area contributed by atoms with Gasteiger partial charge in [0.1, 0.15) is 0 Å². The molecule has 0 amide bonds. The van der Waals surface area contributed by atoms with E-state index < -0.39 is 0 Å². The van der Waals surface area contributed by atoms with Crippen molar-refractivity contribution in [3.63, 3.8) is 0 Å². The lowest BCUT2D eigenvalue weighted by atomic mass is 9.68. The molecule has 0 aromatic heterocycles. The summed E-state index contributed by atoms with van der Waals surface area (Å²) in [6, 6.07) is 0.740. The minimum atomic E-state index is 0.365. The van der Waals surface area contributed by atoms with Gasteiger partial charge in [0.25, 0.3) is 0 Å². The van der Waals surface area contributed by atoms with Gasteiger partial charge in [-0.1, -0.05) is 6.92 Å². The third kappa shape index (κ3) is 1.93. The Labute approximate surface area is 93.6 Å². The van der Waals surface area contributed by atoms with Crippen molar-refractivity contribution in [1.29, 1.82) is 0 Å². The molecule has 1 atom stereocenters. The van der Waals surface area contributed by atoms with Crippen LogP contribution in [0.3, 0.4) is 0 Å². The Hall–Kier alpha value is -0.120. The lowest BCUT2D eigenvalue weighted by Gasteiger charge is -2.52. The smallest absolute Gasteiger partial charge is 0.0337 e. The number of nitrogens with zero attached hydrogens (tertiary/aromatic N) is 2. The predicted octanol–water partition coefficient (Wildman–Crippen LogP) is 0.750. The van der Waals surface area contributed by atoms with Gasteiger partial charge in [-0.15, -0.1) is 0 Å². The Kier molecular flexibility index (Phi) is 3.06. The van der Waals surface area contributed by atoms with Crippen molar-refractivity contribution in [3.05, 3.63) is 0 Å². The second kappa shape index (κ2) is 4.04. The van der Waals surface area contributed by atoms with Gasteiger partial charge in [0, 0.05) is 31.2 Å². The van der Waals surface area contributed by atoms with Gasteiger partial charge in [0.2, 0.25) is 0 Å². The Morgan fingerprint density at radius 3 is 2.47 bits per heavy atom. The summed E-state index contributed by atoms with van der Waals surface area (Å²) < 4.78 is 0. The van der Waals surface area contributed by atoms with Crippen LogP contribution < -0.4 is 5.73 Å². The zero-order valence-corrected chi connectivity index (χ0v) is 10.4. The maximum absolute atomic E-state index is 5.98. The molecule has 2 fully saturated rings. The van der Waals surface area contributed by atoms with Crippen LogP contribution in [0, 0.1) is 5.92 Å². The van der Waals surface area contributed by atoms with E-state index in [2.05, 4.69) is 30.8 Å². The highest BCUT2D eigenvalue weighted by atomic mass is 15.3. The fraction of sp³-hybridized carbons (Fsp3) is 1.00. The number of likely N-dealkylation sites (N-methyl/N-ethyl adjacent to an activating group) is 1. The van der Waals surface area contributed by atoms with Crippen LogP contribution in [0.5, 0.6) is 0 Å². The summed E-state index contributed by atoms with van der Waals surface area (Å²) in [5.41, 5.74) is 6.34. The highest BCUT2D eigenvalue weighted by Crippen LogP contribution is 2.43. The Morgan fingerprint density at radius 1 is 1.40 bits per heavy atom. The van der Waals surface area contributed by atoms with Crippen molar-refractivity contribution in [2.45, 2.75) is 37.8 Å². The van der Waals surface area contributed by atoms with Gasteiger partial charge in [-0.3, -0.25) is 4.90 Å². The minimum Gasteiger partial charge on any atom is -0.329 e. The van der Waals surface area contributed by atoms with E-state index in [-0.39, 0.29) is 0 Å². The molecule has 3 nitrogen and oxygen atoms in total. The van der Waals surface area contributed by atoms with E-state index in [9.17, 15) is 0 Å². The first kappa shape index (κ1) is 11.4. The molecule has 3 heteroatoms. The highest BCUT2D eigenvalue weighted by molar-refractivity contribution is 5.04. The first-order valence-electron chi connectivity index (χ1n) is 6.19. The third-order valence-corrected chi connectivity index (χ3v) is 4.40. The van der Waals surface area contributed by atoms with E-state index in [0.29, 0.717) is 5.54 Å². The van der Waals surface area contributed by atoms with Crippen LogP contribution in [-0.2, 0) is 0 Å². The molecule has 88 valence electrons. The van der Waals surface area contributed by atoms with Gasteiger partial charge in [-0.2, -0.15) is 0 Å². The Bertz CT molecular complexity index is 221. The molecule has 2 N–H and O–H groups in total. The molecule has 1 aliphatic heterocycles. The topological polar surface area (TPSA) is 32.5 Å². The van der Waals surface area contributed by atoms with E-state index in [1.807, 2.05) is 0 Å². The average Bonchev–Trinajstić information content (AvgIpc) is 2.61. The lowest BCUT2D eigenvalue weighted by molar-refractivity contribution is 0.000316. The summed E-state index contributed by atoms with van der Waals surface area (Å²) in [5, 5.41) is 0. The molecule has 0 aromatic rings. The second-order valence-corrected chi connectivity index (χ2v) is 5.79. The van der Waals surface area contributed by atoms with E-state index >= 15 is 0 Å². The molecule has 15 heavy (non-hydrogen) atoms. The molecule has 0 aromatic carbocycles. The first-order chi connectivity index (χ1) is 7.07. The van der Waals surface area contributed by atoms with Crippen molar-refractivity contribution in [2.75, 3.05) is 33.7 Å². The maximum Gasteiger partial charge on any atom is 0.0337 e. The number of nitrogens with two attached hydrogens (primary N) is 1. The normalized spacial score (nSPS) is 42.2. The van der Waals surface area contributed by atoms with Crippen molar-refractivity contribution >= 4 is 0 Å². The van der Waals surface area contributed by atoms with Crippen LogP contribution in [0.25, 0.3) is 0 Å². The van der Waals surface area contributed by atoms with E-state index in [4.69, 9.17) is 5.73 Å². The molecule has 0 spiro atoms. The molecule has 0 bridgehead atoms. The molecule has 2 aliphatic rings. The van der Waals surface area contributed by atoms with Gasteiger partial charge in [0.05, 0.1) is 0 Å². The summed E-state index contributed by atoms with van der Waals surface area (Å²) in [7, 11) is 4.37. The monoisotopic (exact) mass is 211 g/mol. The molecule has 1 saturated carbocycles. The van der Waals surface area contributed by atoms with Crippen molar-refractivity contribution in [1.82, 2.24) is 9.80 Å². The number of hydrogen-bond donors (Lipinski definition) is 1. The zero-order chi connectivity index (χ0) is 11.1. The van der Waals surface area contributed by atoms with Crippen LogP contribution in [0.2, 0.25) is 0 Å². The van der Waals surface area contributed by atoms with Crippen LogP contribution in [0.1, 0.15) is 26.2 Å². The van der Waals surface area contributed by atoms with Crippen LogP contribution in [-0.4, -0.2) is 55.1 Å². The summed E-state index contributed by atoms with van der Waals surface area (Å²) >= 11 is 0. The largest absolute Gasteiger partial charge is 0.329 e. The Balaban J connectivity index is 1.95. The first-order valence-corrected chi connectivity index (χ1v) is 6.19. The molecule has 0 radical (unpaired) electrons. The van der Waals surface area contributed by atoms with E-state index in [1.165, 1.54) is 32.4 Å². The highest BCUT2D eigenvalue weighted by Gasteiger charge is 2.47. The summed E-state index contributed by atoms with van der Waals surface area (Å²) in [6.45, 7) is 5.65. The molecule has 1 saturated heterocycles. The van der Waals surface area contributed by atoms with Crippen LogP contribution in [0.15, 0.2) is 0 Å². The van der Waals surface area contributed by atoms with Gasteiger partial charge >= 0.3 is 0 Å². The third-order valence-electron chi connectivity index (χ3n) is 4.40. The van der Waals surface area contributed by atoms with Gasteiger partial charge in [0.15, 0.2) is 0 Å². The molecule has 1 unspecified atom stereocenters. The minimum absolute atomic E-state index is 0.365. The summed E-state index contributed by atoms with van der Waals surface area (Å²) in [6.07, 6.45) is 3.93. The number of hydrogen-bond acceptors (Lipinski definition) is 3. The fourth-order valence-electron chi connectivity index (χ4n) is 3.39. The zero-order valence-electron chi connectivity index (χ0n) is 10.4. The van der Waals surface area contributed by atoms with Crippen LogP contribution in [0.4, 0.5) is 0 Å². The quantitative estimate of drug-likeness (QED) is 0.748. The fourth-order valence-corrected chi connectivity index (χ4v) is 3.39. The SMILES string of the molecule is CC1CC(CN)(N2CCC(N(C)C)C2)C1. The maximum atomic E-state index is 5.98. The van der Waals surface area contributed by atoms with Crippen molar-refractivity contribution in [2.24, 2.45) is 11.7 Å². The average molecular weight is 211 g/mol. The molecule has 2 rings (SSSR count). The summed E-state index contributed by atoms with van der Waals surface area (Å²) in [4.78, 5) is 5.00. The standard InChI is InChI=1S/C12H25N3/c1-10-6-12(7-10,9-13)15-5-4-11(8-15)14(2)3/h10-11H,4-9,13H2,1-3H3. The molecular formula is C12H25N3. The molecule has 1 aliphatic carbocycles. The van der Waals surface area contributed by atoms with Gasteiger partial charge in [-0.05, 0) is 39.3 Å².